The third-order valence-electron chi connectivity index (χ3n) is 8.54. The van der Waals surface area contributed by atoms with Crippen LogP contribution in [0.3, 0.4) is 0 Å². The molecule has 0 saturated heterocycles. The molecule has 6 aromatic rings. The number of hydrogen-bond donors (Lipinski definition) is 6. The zero-order chi connectivity index (χ0) is 45.9. The molecule has 0 spiro atoms. The molecule has 0 aliphatic carbocycles. The number of nitrogen functional groups attached to an aromatic ring is 1. The van der Waals surface area contributed by atoms with E-state index in [1.807, 2.05) is 44.5 Å². The van der Waals surface area contributed by atoms with E-state index < -0.39 is 44.1 Å². The molecular weight excluding hydrogens is 849 g/mol. The molecule has 18 nitrogen and oxygen atoms in total. The summed E-state index contributed by atoms with van der Waals surface area (Å²) in [7, 11) is -8.07. The second kappa shape index (κ2) is 21.1. The van der Waals surface area contributed by atoms with Crippen molar-refractivity contribution in [1.82, 2.24) is 39.5 Å². The molecule has 4 heterocycles. The van der Waals surface area contributed by atoms with Crippen LogP contribution in [0.5, 0.6) is 0 Å². The number of amides is 2. The van der Waals surface area contributed by atoms with Gasteiger partial charge in [0.1, 0.15) is 11.6 Å². The van der Waals surface area contributed by atoms with Crippen LogP contribution in [-0.2, 0) is 33.1 Å². The van der Waals surface area contributed by atoms with Crippen molar-refractivity contribution in [2.45, 2.75) is 88.7 Å². The van der Waals surface area contributed by atoms with Gasteiger partial charge in [-0.1, -0.05) is 39.8 Å². The van der Waals surface area contributed by atoms with Crippen LogP contribution in [0, 0.1) is 11.6 Å². The highest BCUT2D eigenvalue weighted by atomic mass is 32.2. The Kier molecular flexibility index (Phi) is 16.5. The van der Waals surface area contributed by atoms with E-state index in [9.17, 15) is 35.5 Å². The van der Waals surface area contributed by atoms with Gasteiger partial charge in [-0.25, -0.2) is 31.9 Å². The number of pyridine rings is 2. The van der Waals surface area contributed by atoms with Crippen molar-refractivity contribution in [2.75, 3.05) is 11.1 Å². The summed E-state index contributed by atoms with van der Waals surface area (Å²) in [5.41, 5.74) is 10.8. The molecule has 2 aromatic carbocycles. The zero-order valence-corrected chi connectivity index (χ0v) is 36.3. The fourth-order valence-corrected chi connectivity index (χ4v) is 7.01. The number of nitrogens with two attached hydrogens (primary N) is 2. The van der Waals surface area contributed by atoms with Gasteiger partial charge >= 0.3 is 6.03 Å². The van der Waals surface area contributed by atoms with Crippen molar-refractivity contribution in [1.29, 1.82) is 0 Å². The maximum absolute atomic E-state index is 14.3. The Bertz CT molecular complexity index is 2660. The summed E-state index contributed by atoms with van der Waals surface area (Å²) in [4.78, 5) is 21.8. The van der Waals surface area contributed by atoms with E-state index >= 15 is 0 Å². The van der Waals surface area contributed by atoms with Crippen LogP contribution in [-0.4, -0.2) is 80.0 Å². The van der Waals surface area contributed by atoms with E-state index in [0.717, 1.165) is 22.1 Å². The molecule has 0 saturated carbocycles. The Morgan fingerprint density at radius 1 is 0.758 bits per heavy atom. The number of aliphatic hydroxyl groups is 2. The summed E-state index contributed by atoms with van der Waals surface area (Å²) in [5.74, 6) is -0.721. The Morgan fingerprint density at radius 3 is 1.81 bits per heavy atom. The average molecular weight is 898 g/mol. The molecule has 62 heavy (non-hydrogen) atoms. The predicted octanol–water partition coefficient (Wildman–Crippen LogP) is 5.00. The van der Waals surface area contributed by atoms with Gasteiger partial charge in [0.25, 0.3) is 20.0 Å². The SMILES string of the molecule is CC(C)c1cc(F)cc(-c2cccnc2)c1N.CC(C)c1cc(F)cc(-c2cccnc2)c1NC(=O)NS(=O)(=O)c1ccn(C[C@@H](C)O)n1.C[C@@H](O)Cn1ncc(S(N)(=O)=O)n1. The Labute approximate surface area is 358 Å². The quantitative estimate of drug-likeness (QED) is 0.0884. The summed E-state index contributed by atoms with van der Waals surface area (Å²) in [6.07, 6.45) is 7.52. The molecule has 22 heteroatoms. The summed E-state index contributed by atoms with van der Waals surface area (Å²) < 4.78 is 77.7. The first kappa shape index (κ1) is 48.5. The number of sulfonamides is 2. The van der Waals surface area contributed by atoms with E-state index in [0.29, 0.717) is 27.9 Å². The molecule has 0 aliphatic rings. The molecular formula is C40H49F2N11O7S2. The first-order valence-electron chi connectivity index (χ1n) is 18.9. The largest absolute Gasteiger partial charge is 0.398 e. The van der Waals surface area contributed by atoms with E-state index in [2.05, 4.69) is 30.6 Å². The van der Waals surface area contributed by atoms with Crippen LogP contribution >= 0.6 is 0 Å². The number of hydrogen-bond acceptors (Lipinski definition) is 13. The van der Waals surface area contributed by atoms with Gasteiger partial charge < -0.3 is 21.3 Å². The summed E-state index contributed by atoms with van der Waals surface area (Å²) in [5, 5.41) is 36.1. The first-order chi connectivity index (χ1) is 29.0. The van der Waals surface area contributed by atoms with Crippen molar-refractivity contribution < 1.29 is 40.6 Å². The molecule has 6 rings (SSSR count). The van der Waals surface area contributed by atoms with Gasteiger partial charge in [-0.2, -0.15) is 23.4 Å². The van der Waals surface area contributed by atoms with Gasteiger partial charge in [0.05, 0.1) is 37.2 Å². The highest BCUT2D eigenvalue weighted by molar-refractivity contribution is 7.90. The lowest BCUT2D eigenvalue weighted by Crippen LogP contribution is -2.35. The molecule has 2 atom stereocenters. The van der Waals surface area contributed by atoms with E-state index in [1.54, 1.807) is 37.6 Å². The molecule has 4 aromatic heterocycles. The van der Waals surface area contributed by atoms with Crippen molar-refractivity contribution in [3.63, 3.8) is 0 Å². The number of aliphatic hydroxyl groups excluding tert-OH is 2. The molecule has 0 unspecified atom stereocenters. The van der Waals surface area contributed by atoms with Crippen molar-refractivity contribution in [3.8, 4) is 22.3 Å². The average Bonchev–Trinajstić information content (AvgIpc) is 3.87. The smallest absolute Gasteiger partial charge is 0.333 e. The lowest BCUT2D eigenvalue weighted by Gasteiger charge is -2.19. The highest BCUT2D eigenvalue weighted by Gasteiger charge is 2.24. The molecule has 0 radical (unpaired) electrons. The van der Waals surface area contributed by atoms with Crippen molar-refractivity contribution in [2.24, 2.45) is 5.14 Å². The van der Waals surface area contributed by atoms with Crippen molar-refractivity contribution in [3.05, 3.63) is 115 Å². The van der Waals surface area contributed by atoms with Crippen LogP contribution < -0.4 is 20.9 Å². The Morgan fingerprint density at radius 2 is 1.31 bits per heavy atom. The van der Waals surface area contributed by atoms with E-state index in [-0.39, 0.29) is 46.5 Å². The lowest BCUT2D eigenvalue weighted by atomic mass is 9.94. The van der Waals surface area contributed by atoms with Crippen LogP contribution in [0.25, 0.3) is 22.3 Å². The maximum atomic E-state index is 14.3. The number of aromatic nitrogens is 7. The number of halogens is 2. The molecule has 8 N–H and O–H groups in total. The monoisotopic (exact) mass is 897 g/mol. The minimum absolute atomic E-state index is 0.101. The van der Waals surface area contributed by atoms with Crippen LogP contribution in [0.1, 0.15) is 64.5 Å². The van der Waals surface area contributed by atoms with E-state index in [1.165, 1.54) is 54.3 Å². The Hall–Kier alpha value is -6.20. The van der Waals surface area contributed by atoms with Gasteiger partial charge in [-0.15, -0.1) is 5.10 Å². The van der Waals surface area contributed by atoms with Gasteiger partial charge in [-0.05, 0) is 79.3 Å². The van der Waals surface area contributed by atoms with Gasteiger partial charge in [-0.3, -0.25) is 14.6 Å². The molecule has 332 valence electrons. The number of nitrogens with zero attached hydrogens (tertiary/aromatic N) is 7. The van der Waals surface area contributed by atoms with Gasteiger partial charge in [0.15, 0.2) is 5.03 Å². The van der Waals surface area contributed by atoms with Gasteiger partial charge in [0, 0.05) is 58.9 Å². The number of urea groups is 1. The third kappa shape index (κ3) is 13.7. The summed E-state index contributed by atoms with van der Waals surface area (Å²) in [6.45, 7) is 11.0. The third-order valence-corrected chi connectivity index (χ3v) is 10.5. The topological polar surface area (TPSA) is 276 Å². The van der Waals surface area contributed by atoms with Crippen LogP contribution in [0.4, 0.5) is 25.0 Å². The summed E-state index contributed by atoms with van der Waals surface area (Å²) >= 11 is 0. The molecule has 0 aliphatic heterocycles. The fourth-order valence-electron chi connectivity index (χ4n) is 5.76. The molecule has 0 bridgehead atoms. The minimum Gasteiger partial charge on any atom is -0.398 e. The number of carbonyl (C=O) groups excluding carboxylic acids is 1. The minimum atomic E-state index is -4.28. The number of rotatable bonds is 12. The zero-order valence-electron chi connectivity index (χ0n) is 34.7. The van der Waals surface area contributed by atoms with Crippen LogP contribution in [0.15, 0.2) is 102 Å². The standard InChI is InChI=1S/C21H24FN5O4S.C14H15FN2.C5H10N4O3S/c1-13(2)17-9-16(22)10-18(15-5-4-7-23-11-15)20(17)24-21(29)26-32(30,31)19-6-8-27(25-19)12-14(3)28;1-9(2)12-6-11(15)7-13(14(12)16)10-4-3-5-17-8-10;1-4(10)3-9-7-2-5(8-9)13(6,11)12/h4-11,13-14,28H,12H2,1-3H3,(H2,24,26,29);3-9H,16H2,1-2H3;2,4,10H,3H2,1H3,(H2,6,11,12)/t14-;;4-/m1.1/s1. The highest BCUT2D eigenvalue weighted by Crippen LogP contribution is 2.36. The lowest BCUT2D eigenvalue weighted by molar-refractivity contribution is 0.161. The van der Waals surface area contributed by atoms with Crippen molar-refractivity contribution >= 4 is 37.5 Å². The van der Waals surface area contributed by atoms with E-state index in [4.69, 9.17) is 16.0 Å². The first-order valence-corrected chi connectivity index (χ1v) is 22.0. The number of primary sulfonamides is 1. The van der Waals surface area contributed by atoms with Crippen LogP contribution in [0.2, 0.25) is 0 Å². The molecule has 0 fully saturated rings. The second-order valence-electron chi connectivity index (χ2n) is 14.6. The second-order valence-corrected chi connectivity index (χ2v) is 17.7. The van der Waals surface area contributed by atoms with Gasteiger partial charge in [0.2, 0.25) is 5.03 Å². The summed E-state index contributed by atoms with van der Waals surface area (Å²) in [6, 6.07) is 12.8. The molecule has 2 amide bonds. The fraction of sp³-hybridized carbons (Fsp3) is 0.300. The normalized spacial score (nSPS) is 12.5. The number of benzene rings is 2. The number of carbonyl (C=O) groups is 1. The Balaban J connectivity index is 0.000000234. The number of anilines is 2. The predicted molar refractivity (Wildman–Crippen MR) is 228 cm³/mol. The number of nitrogens with one attached hydrogen (secondary N) is 2. The maximum Gasteiger partial charge on any atom is 0.333 e.